The SMILES string of the molecule is CC1=CC=C(c2c(C=C(C#N)c3nc(C)cs3)n(CCCO)c3ncnc(N)c23)CC1. The zero-order valence-electron chi connectivity index (χ0n) is 17.6. The number of rotatable bonds is 6. The van der Waals surface area contributed by atoms with Crippen molar-refractivity contribution >= 4 is 45.4 Å². The van der Waals surface area contributed by atoms with E-state index in [-0.39, 0.29) is 6.61 Å². The predicted octanol–water partition coefficient (Wildman–Crippen LogP) is 4.35. The summed E-state index contributed by atoms with van der Waals surface area (Å²) in [5, 5.41) is 22.8. The smallest absolute Gasteiger partial charge is 0.146 e. The Labute approximate surface area is 184 Å². The molecule has 0 unspecified atom stereocenters. The molecular weight excluding hydrogens is 408 g/mol. The Hall–Kier alpha value is -3.28. The Kier molecular flexibility index (Phi) is 5.98. The molecule has 7 nitrogen and oxygen atoms in total. The summed E-state index contributed by atoms with van der Waals surface area (Å²) in [5.41, 5.74) is 12.7. The fourth-order valence-corrected chi connectivity index (χ4v) is 4.61. The largest absolute Gasteiger partial charge is 0.396 e. The number of nitrogens with two attached hydrogens (primary N) is 1. The van der Waals surface area contributed by atoms with Crippen LogP contribution in [0.5, 0.6) is 0 Å². The second-order valence-electron chi connectivity index (χ2n) is 7.62. The van der Waals surface area contributed by atoms with E-state index in [0.29, 0.717) is 35.0 Å². The molecule has 0 aliphatic heterocycles. The highest BCUT2D eigenvalue weighted by Gasteiger charge is 2.24. The number of anilines is 1. The molecule has 0 saturated heterocycles. The zero-order valence-corrected chi connectivity index (χ0v) is 18.4. The van der Waals surface area contributed by atoms with Crippen molar-refractivity contribution in [1.29, 1.82) is 5.26 Å². The van der Waals surface area contributed by atoms with Gasteiger partial charge in [0.25, 0.3) is 0 Å². The van der Waals surface area contributed by atoms with E-state index in [1.54, 1.807) is 0 Å². The van der Waals surface area contributed by atoms with Crippen LogP contribution in [0.15, 0.2) is 29.4 Å². The third-order valence-electron chi connectivity index (χ3n) is 5.38. The van der Waals surface area contributed by atoms with E-state index in [2.05, 4.69) is 40.1 Å². The minimum Gasteiger partial charge on any atom is -0.396 e. The first-order valence-corrected chi connectivity index (χ1v) is 11.1. The normalized spacial score (nSPS) is 14.5. The summed E-state index contributed by atoms with van der Waals surface area (Å²) in [6.07, 6.45) is 9.96. The van der Waals surface area contributed by atoms with E-state index in [4.69, 9.17) is 5.73 Å². The van der Waals surface area contributed by atoms with Gasteiger partial charge < -0.3 is 15.4 Å². The molecule has 0 spiro atoms. The molecule has 3 aromatic heterocycles. The molecule has 0 radical (unpaired) electrons. The monoisotopic (exact) mass is 432 g/mol. The van der Waals surface area contributed by atoms with Crippen LogP contribution >= 0.6 is 11.3 Å². The molecule has 8 heteroatoms. The molecule has 0 atom stereocenters. The van der Waals surface area contributed by atoms with Crippen LogP contribution in [0.4, 0.5) is 5.82 Å². The first-order valence-electron chi connectivity index (χ1n) is 10.2. The molecule has 0 amide bonds. The van der Waals surface area contributed by atoms with Gasteiger partial charge in [-0.2, -0.15) is 5.26 Å². The number of thiazole rings is 1. The highest BCUT2D eigenvalue weighted by atomic mass is 32.1. The van der Waals surface area contributed by atoms with Crippen molar-refractivity contribution in [1.82, 2.24) is 19.5 Å². The van der Waals surface area contributed by atoms with Crippen molar-refractivity contribution in [3.05, 3.63) is 51.4 Å². The van der Waals surface area contributed by atoms with Crippen LogP contribution in [-0.4, -0.2) is 31.2 Å². The Morgan fingerprint density at radius 2 is 2.16 bits per heavy atom. The molecule has 0 aromatic carbocycles. The number of allylic oxidation sites excluding steroid dienone is 5. The Morgan fingerprint density at radius 3 is 2.81 bits per heavy atom. The number of nitriles is 1. The summed E-state index contributed by atoms with van der Waals surface area (Å²) < 4.78 is 2.03. The number of aryl methyl sites for hydroxylation is 2. The van der Waals surface area contributed by atoms with E-state index in [0.717, 1.165) is 40.8 Å². The van der Waals surface area contributed by atoms with Crippen molar-refractivity contribution in [3.63, 3.8) is 0 Å². The lowest BCUT2D eigenvalue weighted by molar-refractivity contribution is 0.280. The fourth-order valence-electron chi connectivity index (χ4n) is 3.85. The van der Waals surface area contributed by atoms with E-state index in [1.165, 1.54) is 23.2 Å². The topological polar surface area (TPSA) is 114 Å². The quantitative estimate of drug-likeness (QED) is 0.560. The lowest BCUT2D eigenvalue weighted by Gasteiger charge is -2.14. The van der Waals surface area contributed by atoms with Gasteiger partial charge in [0.15, 0.2) is 0 Å². The number of nitrogen functional groups attached to an aromatic ring is 1. The summed E-state index contributed by atoms with van der Waals surface area (Å²) in [4.78, 5) is 13.3. The number of nitrogens with zero attached hydrogens (tertiary/aromatic N) is 5. The van der Waals surface area contributed by atoms with Crippen molar-refractivity contribution in [2.75, 3.05) is 12.3 Å². The molecule has 1 aliphatic rings. The standard InChI is InChI=1S/C23H24N6OS/c1-14-4-6-16(7-5-14)19-18(10-17(11-24)23-28-15(2)12-31-23)29(8-3-9-30)22-20(19)21(25)26-13-27-22/h4,6,10,12-13,30H,3,5,7-9H2,1-2H3,(H2,25,26,27). The second kappa shape index (κ2) is 8.84. The molecule has 1 aliphatic carbocycles. The third kappa shape index (κ3) is 4.02. The van der Waals surface area contributed by atoms with Crippen LogP contribution in [0.1, 0.15) is 48.1 Å². The molecule has 4 rings (SSSR count). The average molecular weight is 433 g/mol. The number of hydrogen-bond donors (Lipinski definition) is 2. The maximum absolute atomic E-state index is 9.90. The van der Waals surface area contributed by atoms with Crippen LogP contribution in [0.2, 0.25) is 0 Å². The van der Waals surface area contributed by atoms with Crippen LogP contribution in [-0.2, 0) is 6.54 Å². The molecule has 3 heterocycles. The number of hydrogen-bond acceptors (Lipinski definition) is 7. The van der Waals surface area contributed by atoms with Gasteiger partial charge in [0.2, 0.25) is 0 Å². The van der Waals surface area contributed by atoms with Crippen molar-refractivity contribution in [3.8, 4) is 6.07 Å². The molecule has 0 saturated carbocycles. The highest BCUT2D eigenvalue weighted by Crippen LogP contribution is 2.39. The van der Waals surface area contributed by atoms with Crippen LogP contribution in [0.25, 0.3) is 28.3 Å². The van der Waals surface area contributed by atoms with Gasteiger partial charge in [-0.3, -0.25) is 0 Å². The van der Waals surface area contributed by atoms with E-state index >= 15 is 0 Å². The molecule has 31 heavy (non-hydrogen) atoms. The molecule has 0 fully saturated rings. The van der Waals surface area contributed by atoms with Gasteiger partial charge in [0.05, 0.1) is 16.7 Å². The molecule has 0 bridgehead atoms. The summed E-state index contributed by atoms with van der Waals surface area (Å²) >= 11 is 1.45. The van der Waals surface area contributed by atoms with Gasteiger partial charge >= 0.3 is 0 Å². The van der Waals surface area contributed by atoms with Crippen LogP contribution in [0.3, 0.4) is 0 Å². The summed E-state index contributed by atoms with van der Waals surface area (Å²) in [6.45, 7) is 4.64. The first-order chi connectivity index (χ1) is 15.0. The van der Waals surface area contributed by atoms with Gasteiger partial charge in [-0.05, 0) is 44.8 Å². The lowest BCUT2D eigenvalue weighted by Crippen LogP contribution is -2.04. The number of fused-ring (bicyclic) bond motifs is 1. The van der Waals surface area contributed by atoms with Gasteiger partial charge in [-0.15, -0.1) is 11.3 Å². The third-order valence-corrected chi connectivity index (χ3v) is 6.37. The molecule has 3 N–H and O–H groups in total. The average Bonchev–Trinajstić information content (AvgIpc) is 3.33. The molecule has 158 valence electrons. The van der Waals surface area contributed by atoms with E-state index in [9.17, 15) is 10.4 Å². The van der Waals surface area contributed by atoms with Crippen molar-refractivity contribution in [2.24, 2.45) is 0 Å². The number of aromatic nitrogens is 4. The zero-order chi connectivity index (χ0) is 22.0. The first kappa shape index (κ1) is 21.0. The van der Waals surface area contributed by atoms with E-state index in [1.807, 2.05) is 22.9 Å². The highest BCUT2D eigenvalue weighted by molar-refractivity contribution is 7.11. The minimum atomic E-state index is 0.0557. The molecular formula is C23H24N6OS. The number of aliphatic hydroxyl groups is 1. The van der Waals surface area contributed by atoms with Crippen LogP contribution < -0.4 is 5.73 Å². The van der Waals surface area contributed by atoms with Crippen molar-refractivity contribution in [2.45, 2.75) is 39.7 Å². The maximum Gasteiger partial charge on any atom is 0.146 e. The Morgan fingerprint density at radius 1 is 1.32 bits per heavy atom. The minimum absolute atomic E-state index is 0.0557. The van der Waals surface area contributed by atoms with Crippen LogP contribution in [0, 0.1) is 18.3 Å². The van der Waals surface area contributed by atoms with Gasteiger partial charge in [-0.25, -0.2) is 15.0 Å². The van der Waals surface area contributed by atoms with E-state index < -0.39 is 0 Å². The van der Waals surface area contributed by atoms with Gasteiger partial charge in [-0.1, -0.05) is 17.7 Å². The Balaban J connectivity index is 2.04. The second-order valence-corrected chi connectivity index (χ2v) is 8.47. The summed E-state index contributed by atoms with van der Waals surface area (Å²) in [7, 11) is 0. The molecule has 3 aromatic rings. The Bertz CT molecular complexity index is 1270. The summed E-state index contributed by atoms with van der Waals surface area (Å²) in [6, 6.07) is 2.31. The summed E-state index contributed by atoms with van der Waals surface area (Å²) in [5.74, 6) is 0.410. The lowest BCUT2D eigenvalue weighted by atomic mass is 9.92. The van der Waals surface area contributed by atoms with Gasteiger partial charge in [0, 0.05) is 29.8 Å². The number of aliphatic hydroxyl groups excluding tert-OH is 1. The van der Waals surface area contributed by atoms with Crippen molar-refractivity contribution < 1.29 is 5.11 Å². The fraction of sp³-hybridized carbons (Fsp3) is 0.304. The predicted molar refractivity (Wildman–Crippen MR) is 125 cm³/mol. The van der Waals surface area contributed by atoms with Gasteiger partial charge in [0.1, 0.15) is 28.9 Å². The maximum atomic E-state index is 9.90.